The van der Waals surface area contributed by atoms with Crippen molar-refractivity contribution in [3.8, 4) is 5.75 Å². The van der Waals surface area contributed by atoms with Gasteiger partial charge in [0.05, 0.1) is 6.61 Å². The van der Waals surface area contributed by atoms with Gasteiger partial charge in [-0.1, -0.05) is 19.9 Å². The second kappa shape index (κ2) is 7.46. The Balaban J connectivity index is 1.90. The van der Waals surface area contributed by atoms with Gasteiger partial charge in [0.2, 0.25) is 5.91 Å². The van der Waals surface area contributed by atoms with E-state index in [1.54, 1.807) is 0 Å². The number of hydrogen-bond donors (Lipinski definition) is 2. The van der Waals surface area contributed by atoms with Crippen LogP contribution in [0.2, 0.25) is 0 Å². The SMILES string of the molecule is CC(C)COc1cccc(NC(=O)C2CCC(N)CC2)c1. The van der Waals surface area contributed by atoms with Gasteiger partial charge in [-0.3, -0.25) is 4.79 Å². The van der Waals surface area contributed by atoms with E-state index in [2.05, 4.69) is 19.2 Å². The van der Waals surface area contributed by atoms with Gasteiger partial charge < -0.3 is 15.8 Å². The van der Waals surface area contributed by atoms with Gasteiger partial charge in [0.1, 0.15) is 5.75 Å². The summed E-state index contributed by atoms with van der Waals surface area (Å²) in [5, 5.41) is 2.99. The Labute approximate surface area is 127 Å². The Morgan fingerprint density at radius 2 is 2.05 bits per heavy atom. The molecular formula is C17H26N2O2. The largest absolute Gasteiger partial charge is 0.493 e. The second-order valence-electron chi connectivity index (χ2n) is 6.33. The van der Waals surface area contributed by atoms with Crippen molar-refractivity contribution < 1.29 is 9.53 Å². The minimum atomic E-state index is 0.0880. The highest BCUT2D eigenvalue weighted by molar-refractivity contribution is 5.92. The van der Waals surface area contributed by atoms with Crippen LogP contribution in [-0.2, 0) is 4.79 Å². The van der Waals surface area contributed by atoms with E-state index in [1.165, 1.54) is 0 Å². The lowest BCUT2D eigenvalue weighted by molar-refractivity contribution is -0.120. The average molecular weight is 290 g/mol. The number of carbonyl (C=O) groups is 1. The van der Waals surface area contributed by atoms with Crippen LogP contribution >= 0.6 is 0 Å². The van der Waals surface area contributed by atoms with Crippen LogP contribution in [-0.4, -0.2) is 18.6 Å². The maximum atomic E-state index is 12.3. The van der Waals surface area contributed by atoms with E-state index in [0.29, 0.717) is 12.5 Å². The van der Waals surface area contributed by atoms with Gasteiger partial charge in [-0.15, -0.1) is 0 Å². The minimum absolute atomic E-state index is 0.0880. The Bertz CT molecular complexity index is 466. The lowest BCUT2D eigenvalue weighted by Gasteiger charge is -2.25. The first-order chi connectivity index (χ1) is 10.0. The Morgan fingerprint density at radius 3 is 2.71 bits per heavy atom. The summed E-state index contributed by atoms with van der Waals surface area (Å²) in [5.74, 6) is 1.47. The van der Waals surface area contributed by atoms with Crippen molar-refractivity contribution in [2.45, 2.75) is 45.6 Å². The van der Waals surface area contributed by atoms with Crippen LogP contribution in [0.25, 0.3) is 0 Å². The molecule has 21 heavy (non-hydrogen) atoms. The third kappa shape index (κ3) is 5.05. The molecule has 0 aliphatic heterocycles. The van der Waals surface area contributed by atoms with Crippen molar-refractivity contribution >= 4 is 11.6 Å². The molecule has 2 rings (SSSR count). The molecule has 0 unspecified atom stereocenters. The molecule has 0 bridgehead atoms. The summed E-state index contributed by atoms with van der Waals surface area (Å²) >= 11 is 0. The summed E-state index contributed by atoms with van der Waals surface area (Å²) in [6, 6.07) is 7.87. The van der Waals surface area contributed by atoms with Crippen molar-refractivity contribution in [2.75, 3.05) is 11.9 Å². The molecule has 0 spiro atoms. The number of ether oxygens (including phenoxy) is 1. The molecule has 0 atom stereocenters. The second-order valence-corrected chi connectivity index (χ2v) is 6.33. The topological polar surface area (TPSA) is 64.3 Å². The predicted octanol–water partition coefficient (Wildman–Crippen LogP) is 3.18. The molecule has 4 heteroatoms. The number of nitrogens with two attached hydrogens (primary N) is 1. The van der Waals surface area contributed by atoms with Crippen molar-refractivity contribution in [1.29, 1.82) is 0 Å². The molecule has 1 aromatic carbocycles. The molecule has 1 aliphatic carbocycles. The quantitative estimate of drug-likeness (QED) is 0.875. The number of amides is 1. The van der Waals surface area contributed by atoms with E-state index in [4.69, 9.17) is 10.5 Å². The molecular weight excluding hydrogens is 264 g/mol. The van der Waals surface area contributed by atoms with Gasteiger partial charge in [0.25, 0.3) is 0 Å². The van der Waals surface area contributed by atoms with E-state index >= 15 is 0 Å². The molecule has 1 amide bonds. The van der Waals surface area contributed by atoms with Crippen molar-refractivity contribution in [2.24, 2.45) is 17.6 Å². The Kier molecular flexibility index (Phi) is 5.62. The van der Waals surface area contributed by atoms with Crippen LogP contribution in [0.3, 0.4) is 0 Å². The van der Waals surface area contributed by atoms with E-state index in [-0.39, 0.29) is 17.9 Å². The van der Waals surface area contributed by atoms with E-state index in [1.807, 2.05) is 24.3 Å². The number of nitrogens with one attached hydrogen (secondary N) is 1. The first-order valence-corrected chi connectivity index (χ1v) is 7.84. The zero-order chi connectivity index (χ0) is 15.2. The van der Waals surface area contributed by atoms with Crippen molar-refractivity contribution in [3.63, 3.8) is 0 Å². The smallest absolute Gasteiger partial charge is 0.227 e. The molecule has 0 aromatic heterocycles. The highest BCUT2D eigenvalue weighted by Gasteiger charge is 2.24. The molecule has 4 nitrogen and oxygen atoms in total. The van der Waals surface area contributed by atoms with E-state index < -0.39 is 0 Å². The number of hydrogen-bond acceptors (Lipinski definition) is 3. The molecule has 1 aliphatic rings. The summed E-state index contributed by atoms with van der Waals surface area (Å²) in [7, 11) is 0. The van der Waals surface area contributed by atoms with E-state index in [0.717, 1.165) is 37.1 Å². The van der Waals surface area contributed by atoms with Crippen LogP contribution < -0.4 is 15.8 Å². The van der Waals surface area contributed by atoms with Crippen LogP contribution in [0.15, 0.2) is 24.3 Å². The lowest BCUT2D eigenvalue weighted by atomic mass is 9.86. The molecule has 0 saturated heterocycles. The fourth-order valence-corrected chi connectivity index (χ4v) is 2.55. The zero-order valence-electron chi connectivity index (χ0n) is 13.0. The van der Waals surface area contributed by atoms with Crippen molar-refractivity contribution in [3.05, 3.63) is 24.3 Å². The first-order valence-electron chi connectivity index (χ1n) is 7.84. The van der Waals surface area contributed by atoms with Gasteiger partial charge >= 0.3 is 0 Å². The third-order valence-corrected chi connectivity index (χ3v) is 3.83. The minimum Gasteiger partial charge on any atom is -0.493 e. The number of rotatable bonds is 5. The fraction of sp³-hybridized carbons (Fsp3) is 0.588. The van der Waals surface area contributed by atoms with Crippen LogP contribution in [0.1, 0.15) is 39.5 Å². The third-order valence-electron chi connectivity index (χ3n) is 3.83. The summed E-state index contributed by atoms with van der Waals surface area (Å²) in [5.41, 5.74) is 6.68. The maximum Gasteiger partial charge on any atom is 0.227 e. The van der Waals surface area contributed by atoms with Gasteiger partial charge in [-0.2, -0.15) is 0 Å². The van der Waals surface area contributed by atoms with Crippen molar-refractivity contribution in [1.82, 2.24) is 0 Å². The molecule has 1 saturated carbocycles. The lowest BCUT2D eigenvalue weighted by Crippen LogP contribution is -2.32. The Morgan fingerprint density at radius 1 is 1.33 bits per heavy atom. The van der Waals surface area contributed by atoms with Gasteiger partial charge in [0.15, 0.2) is 0 Å². The van der Waals surface area contributed by atoms with Gasteiger partial charge in [0, 0.05) is 23.7 Å². The summed E-state index contributed by atoms with van der Waals surface area (Å²) in [6.45, 7) is 4.90. The van der Waals surface area contributed by atoms with Crippen LogP contribution in [0.5, 0.6) is 5.75 Å². The van der Waals surface area contributed by atoms with Crippen LogP contribution in [0, 0.1) is 11.8 Å². The highest BCUT2D eigenvalue weighted by atomic mass is 16.5. The molecule has 1 aromatic rings. The molecule has 1 fully saturated rings. The van der Waals surface area contributed by atoms with Gasteiger partial charge in [-0.05, 0) is 43.7 Å². The highest BCUT2D eigenvalue weighted by Crippen LogP contribution is 2.25. The Hall–Kier alpha value is -1.55. The molecule has 0 heterocycles. The standard InChI is InChI=1S/C17H26N2O2/c1-12(2)11-21-16-5-3-4-15(10-16)19-17(20)13-6-8-14(18)9-7-13/h3-5,10,12-14H,6-9,11,18H2,1-2H3,(H,19,20). The monoisotopic (exact) mass is 290 g/mol. The number of carbonyl (C=O) groups excluding carboxylic acids is 1. The fourth-order valence-electron chi connectivity index (χ4n) is 2.55. The van der Waals surface area contributed by atoms with E-state index in [9.17, 15) is 4.79 Å². The van der Waals surface area contributed by atoms with Crippen LogP contribution in [0.4, 0.5) is 5.69 Å². The normalized spacial score (nSPS) is 22.1. The average Bonchev–Trinajstić information content (AvgIpc) is 2.46. The summed E-state index contributed by atoms with van der Waals surface area (Å²) < 4.78 is 5.68. The zero-order valence-corrected chi connectivity index (χ0v) is 13.0. The summed E-state index contributed by atoms with van der Waals surface area (Å²) in [4.78, 5) is 12.3. The van der Waals surface area contributed by atoms with Gasteiger partial charge in [-0.25, -0.2) is 0 Å². The molecule has 116 valence electrons. The summed E-state index contributed by atoms with van der Waals surface area (Å²) in [6.07, 6.45) is 3.65. The number of anilines is 1. The maximum absolute atomic E-state index is 12.3. The molecule has 0 radical (unpaired) electrons. The molecule has 3 N–H and O–H groups in total. The number of benzene rings is 1. The predicted molar refractivity (Wildman–Crippen MR) is 85.3 cm³/mol. The first kappa shape index (κ1) is 15.8.